The molecule has 0 atom stereocenters. The van der Waals surface area contributed by atoms with E-state index in [4.69, 9.17) is 27.8 Å². The van der Waals surface area contributed by atoms with Crippen molar-refractivity contribution in [1.82, 2.24) is 24.9 Å². The molecule has 3 aromatic heterocycles. The molecule has 0 spiro atoms. The van der Waals surface area contributed by atoms with Gasteiger partial charge in [0.25, 0.3) is 0 Å². The summed E-state index contributed by atoms with van der Waals surface area (Å²) < 4.78 is 7.26. The second-order valence-corrected chi connectivity index (χ2v) is 8.59. The number of nitrogens with zero attached hydrogens (tertiary/aromatic N) is 8. The van der Waals surface area contributed by atoms with Gasteiger partial charge >= 0.3 is 0 Å². The first-order chi connectivity index (χ1) is 23.3. The molecule has 0 saturated carbocycles. The number of rotatable bonds is 4. The molecule has 0 bridgehead atoms. The molecule has 244 valence electrons. The summed E-state index contributed by atoms with van der Waals surface area (Å²) in [6, 6.07) is 4.26. The van der Waals surface area contributed by atoms with Crippen LogP contribution < -0.4 is 0 Å². The number of hydrogen-bond acceptors (Lipinski definition) is 6. The first-order valence-electron chi connectivity index (χ1n) is 13.2. The molecule has 1 aromatic carbocycles. The number of aryl methyl sites for hydroxylation is 4. The maximum Gasteiger partial charge on any atom is 0.141 e. The number of benzene rings is 1. The van der Waals surface area contributed by atoms with E-state index in [9.17, 15) is 0 Å². The number of H-pyrrole nitrogens is 1. The van der Waals surface area contributed by atoms with E-state index in [0.29, 0.717) is 0 Å². The molecule has 0 aliphatic heterocycles. The Labute approximate surface area is 289 Å². The smallest absolute Gasteiger partial charge is 0.141 e. The molecule has 0 aliphatic rings. The fourth-order valence-electron chi connectivity index (χ4n) is 3.93. The lowest BCUT2D eigenvalue weighted by atomic mass is 9.95. The van der Waals surface area contributed by atoms with Gasteiger partial charge in [-0.3, -0.25) is 4.68 Å². The first-order valence-corrected chi connectivity index (χ1v) is 13.2. The highest BCUT2D eigenvalue weighted by atomic mass is 16.5. The molecule has 12 nitrogen and oxygen atoms in total. The Morgan fingerprint density at radius 2 is 1.35 bits per heavy atom. The van der Waals surface area contributed by atoms with Crippen LogP contribution in [0.4, 0.5) is 0 Å². The van der Waals surface area contributed by atoms with Gasteiger partial charge in [-0.2, -0.15) is 10.6 Å². The molecular formula is C36H38N10O2. The molecule has 0 radical (unpaired) electrons. The van der Waals surface area contributed by atoms with E-state index in [1.54, 1.807) is 6.33 Å². The summed E-state index contributed by atoms with van der Waals surface area (Å²) in [6.07, 6.45) is 11.5. The minimum Gasteiger partial charge on any atom is -0.361 e. The second-order valence-electron chi connectivity index (χ2n) is 8.59. The van der Waals surface area contributed by atoms with Crippen molar-refractivity contribution in [2.45, 2.75) is 27.7 Å². The number of terminal acetylenes is 2. The van der Waals surface area contributed by atoms with Crippen LogP contribution in [0.5, 0.6) is 0 Å². The van der Waals surface area contributed by atoms with Crippen LogP contribution in [-0.2, 0) is 7.05 Å². The standard InChI is InChI=1S/C18H19N5O.C18H2.HN5O.8H2/c1-9-16(11(3)23(5)21-9)14-6-13(7-15-18(14)20-8-19-15)17-10(2)22-24-12(17)4;1-3-5-7-9-11-13-15-17-18-16-14-12-10-8-6-4-2;1-2-3-4-5-6;;;;;;;;/h6-8H,1-5H3,(H,19,20);1-2H;1H;8*1H/b;;2-1?,4-3+;;;;;;;;. The molecule has 48 heavy (non-hydrogen) atoms. The number of aromatic nitrogens is 5. The Kier molecular flexibility index (Phi) is 15.1. The molecular weight excluding hydrogens is 604 g/mol. The van der Waals surface area contributed by atoms with Crippen molar-refractivity contribution in [3.63, 3.8) is 0 Å². The quantitative estimate of drug-likeness (QED) is 0.104. The molecule has 3 heterocycles. The fraction of sp³-hybridized carbons (Fsp3) is 0.139. The highest BCUT2D eigenvalue weighted by Gasteiger charge is 2.19. The van der Waals surface area contributed by atoms with Crippen molar-refractivity contribution in [2.24, 2.45) is 28.0 Å². The maximum absolute atomic E-state index is 8.91. The third-order valence-electron chi connectivity index (χ3n) is 5.70. The van der Waals surface area contributed by atoms with Crippen LogP contribution in [0.15, 0.2) is 43.9 Å². The van der Waals surface area contributed by atoms with Crippen molar-refractivity contribution in [3.05, 3.63) is 46.2 Å². The van der Waals surface area contributed by atoms with Gasteiger partial charge in [0.05, 0.1) is 28.7 Å². The number of nitrogens with one attached hydrogen (secondary N) is 2. The Hall–Kier alpha value is -8.05. The van der Waals surface area contributed by atoms with Gasteiger partial charge in [0.2, 0.25) is 0 Å². The summed E-state index contributed by atoms with van der Waals surface area (Å²) in [7, 11) is 1.96. The summed E-state index contributed by atoms with van der Waals surface area (Å²) in [5, 5.41) is 17.9. The normalized spacial score (nSPS) is 8.23. The van der Waals surface area contributed by atoms with Gasteiger partial charge in [0, 0.05) is 46.1 Å². The van der Waals surface area contributed by atoms with Crippen molar-refractivity contribution >= 4 is 11.0 Å². The Balaban J connectivity index is -0.000000136. The number of nitroso groups, excluding NO2 is 1. The lowest BCUT2D eigenvalue weighted by Gasteiger charge is -2.08. The van der Waals surface area contributed by atoms with Crippen molar-refractivity contribution in [1.29, 1.82) is 5.53 Å². The highest BCUT2D eigenvalue weighted by molar-refractivity contribution is 5.97. The first kappa shape index (κ1) is 36.1. The molecule has 0 saturated heterocycles. The summed E-state index contributed by atoms with van der Waals surface area (Å²) in [6.45, 7) is 8.01. The van der Waals surface area contributed by atoms with E-state index >= 15 is 0 Å². The zero-order valence-corrected chi connectivity index (χ0v) is 26.3. The second kappa shape index (κ2) is 20.0. The summed E-state index contributed by atoms with van der Waals surface area (Å²) in [4.78, 5) is 16.7. The molecule has 0 fully saturated rings. The lowest BCUT2D eigenvalue weighted by molar-refractivity contribution is 0.393. The Morgan fingerprint density at radius 1 is 0.812 bits per heavy atom. The maximum atomic E-state index is 8.91. The van der Waals surface area contributed by atoms with Gasteiger partial charge in [-0.1, -0.05) is 5.16 Å². The third-order valence-corrected chi connectivity index (χ3v) is 5.70. The van der Waals surface area contributed by atoms with Gasteiger partial charge in [-0.25, -0.2) is 4.98 Å². The van der Waals surface area contributed by atoms with E-state index in [1.165, 1.54) is 0 Å². The van der Waals surface area contributed by atoms with E-state index in [-0.39, 0.29) is 11.4 Å². The molecule has 0 aliphatic carbocycles. The minimum atomic E-state index is 0. The number of aromatic amines is 1. The summed E-state index contributed by atoms with van der Waals surface area (Å²) >= 11 is 0. The minimum absolute atomic E-state index is 0. The van der Waals surface area contributed by atoms with Crippen LogP contribution >= 0.6 is 0 Å². The zero-order chi connectivity index (χ0) is 35.1. The lowest BCUT2D eigenvalue weighted by Crippen LogP contribution is -1.93. The predicted molar refractivity (Wildman–Crippen MR) is 198 cm³/mol. The topological polar surface area (TPSA) is 163 Å². The summed E-state index contributed by atoms with van der Waals surface area (Å²) in [5.74, 6) is 39.1. The average molecular weight is 643 g/mol. The molecule has 12 heteroatoms. The largest absolute Gasteiger partial charge is 0.361 e. The fourth-order valence-corrected chi connectivity index (χ4v) is 3.93. The monoisotopic (exact) mass is 642 g/mol. The van der Waals surface area contributed by atoms with Crippen molar-refractivity contribution in [2.75, 3.05) is 0 Å². The number of imidazole rings is 1. The average Bonchev–Trinajstić information content (AvgIpc) is 3.76. The van der Waals surface area contributed by atoms with Gasteiger partial charge in [0.1, 0.15) is 11.0 Å². The number of hydrogen-bond donors (Lipinski definition) is 2. The molecule has 0 unspecified atom stereocenters. The van der Waals surface area contributed by atoms with Gasteiger partial charge in [-0.05, 0) is 151 Å². The summed E-state index contributed by atoms with van der Waals surface area (Å²) in [5.41, 5.74) is 15.1. The van der Waals surface area contributed by atoms with E-state index in [2.05, 4.69) is 150 Å². The van der Waals surface area contributed by atoms with E-state index in [1.807, 2.05) is 37.8 Å². The third kappa shape index (κ3) is 10.9. The number of fused-ring (bicyclic) bond motifs is 1. The molecule has 0 amide bonds. The van der Waals surface area contributed by atoms with Crippen molar-refractivity contribution in [3.8, 4) is 130 Å². The highest BCUT2D eigenvalue weighted by Crippen LogP contribution is 2.37. The molecule has 4 rings (SSSR count). The molecule has 2 N–H and O–H groups in total. The SMILES string of the molecule is C#CC#CC#CC#CC#CC#CC#CC#CC#C.Cc1noc(C)c1-c1cc(-c2c(C)nn(C)c2C)c2nc[nH]c2c1.N=N/N=N/N=O.[HH].[HH].[HH].[HH].[HH].[HH].[HH].[HH]. The van der Waals surface area contributed by atoms with Gasteiger partial charge in [0.15, 0.2) is 0 Å². The van der Waals surface area contributed by atoms with Crippen LogP contribution in [0.25, 0.3) is 33.3 Å². The van der Waals surface area contributed by atoms with Crippen LogP contribution in [0.1, 0.15) is 34.3 Å². The van der Waals surface area contributed by atoms with Crippen molar-refractivity contribution < 1.29 is 15.9 Å². The zero-order valence-electron chi connectivity index (χ0n) is 26.3. The van der Waals surface area contributed by atoms with Crippen LogP contribution in [-0.4, -0.2) is 24.9 Å². The van der Waals surface area contributed by atoms with Gasteiger partial charge in [-0.15, -0.1) is 17.8 Å². The van der Waals surface area contributed by atoms with E-state index in [0.717, 1.165) is 56.1 Å². The van der Waals surface area contributed by atoms with E-state index < -0.39 is 0 Å². The molecule has 4 aromatic rings. The van der Waals surface area contributed by atoms with Crippen LogP contribution in [0.3, 0.4) is 0 Å². The van der Waals surface area contributed by atoms with Gasteiger partial charge < -0.3 is 9.51 Å². The van der Waals surface area contributed by atoms with Crippen LogP contribution in [0, 0.1) is 146 Å². The Morgan fingerprint density at radius 3 is 1.75 bits per heavy atom. The predicted octanol–water partition coefficient (Wildman–Crippen LogP) is 7.16. The Bertz CT molecular complexity index is 2340. The van der Waals surface area contributed by atoms with Crippen LogP contribution in [0.2, 0.25) is 0 Å².